The zero-order valence-electron chi connectivity index (χ0n) is 16.1. The Morgan fingerprint density at radius 1 is 0.645 bits per heavy atom. The molecule has 0 saturated heterocycles. The van der Waals surface area contributed by atoms with Gasteiger partial charge in [-0.25, -0.2) is 19.3 Å². The van der Waals surface area contributed by atoms with Crippen LogP contribution in [0.15, 0.2) is 78.3 Å². The predicted octanol–water partition coefficient (Wildman–Crippen LogP) is 2.39. The molecule has 0 aliphatic carbocycles. The van der Waals surface area contributed by atoms with Crippen LogP contribution in [0.1, 0.15) is 11.8 Å². The first-order valence-electron chi connectivity index (χ1n) is 9.30. The number of hydrogen-bond acceptors (Lipinski definition) is 9. The molecule has 0 spiro atoms. The highest BCUT2D eigenvalue weighted by atomic mass is 16.5. The van der Waals surface area contributed by atoms with Gasteiger partial charge in [0.05, 0.1) is 11.4 Å². The molecule has 11 heteroatoms. The summed E-state index contributed by atoms with van der Waals surface area (Å²) >= 11 is 0. The smallest absolute Gasteiger partial charge is 0.254 e. The Hall–Kier alpha value is -4.54. The van der Waals surface area contributed by atoms with E-state index in [1.54, 1.807) is 22.0 Å². The molecule has 0 radical (unpaired) electrons. The molecule has 0 fully saturated rings. The minimum absolute atomic E-state index is 0.155. The summed E-state index contributed by atoms with van der Waals surface area (Å²) in [6.07, 6.45) is 6.22. The lowest BCUT2D eigenvalue weighted by molar-refractivity contribution is 0.232. The maximum Gasteiger partial charge on any atom is 0.254 e. The van der Waals surface area contributed by atoms with Crippen molar-refractivity contribution in [2.75, 3.05) is 0 Å². The highest BCUT2D eigenvalue weighted by Gasteiger charge is 2.08. The summed E-state index contributed by atoms with van der Waals surface area (Å²) in [7, 11) is 0. The van der Waals surface area contributed by atoms with Crippen molar-refractivity contribution in [1.29, 1.82) is 0 Å². The van der Waals surface area contributed by atoms with Crippen LogP contribution >= 0.6 is 0 Å². The Kier molecular flexibility index (Phi) is 5.04. The Morgan fingerprint density at radius 2 is 1.10 bits per heavy atom. The van der Waals surface area contributed by atoms with Crippen molar-refractivity contribution >= 4 is 0 Å². The molecule has 3 heterocycles. The molecule has 0 amide bonds. The molecule has 0 aliphatic heterocycles. The van der Waals surface area contributed by atoms with E-state index < -0.39 is 0 Å². The molecule has 31 heavy (non-hydrogen) atoms. The van der Waals surface area contributed by atoms with E-state index in [4.69, 9.17) is 13.9 Å². The molecule has 0 aliphatic rings. The third kappa shape index (κ3) is 4.40. The van der Waals surface area contributed by atoms with Gasteiger partial charge in [-0.1, -0.05) is 0 Å². The first-order valence-corrected chi connectivity index (χ1v) is 9.30. The van der Waals surface area contributed by atoms with E-state index >= 15 is 0 Å². The van der Waals surface area contributed by atoms with E-state index in [1.165, 1.54) is 12.7 Å². The molecular formula is C20H16N8O3. The lowest BCUT2D eigenvalue weighted by Crippen LogP contribution is -1.98. The van der Waals surface area contributed by atoms with E-state index in [-0.39, 0.29) is 13.2 Å². The van der Waals surface area contributed by atoms with Crippen molar-refractivity contribution < 1.29 is 13.9 Å². The van der Waals surface area contributed by atoms with E-state index in [0.29, 0.717) is 23.3 Å². The van der Waals surface area contributed by atoms with Gasteiger partial charge in [0.25, 0.3) is 11.8 Å². The van der Waals surface area contributed by atoms with Gasteiger partial charge in [0.15, 0.2) is 13.2 Å². The lowest BCUT2D eigenvalue weighted by Gasteiger charge is -2.05. The summed E-state index contributed by atoms with van der Waals surface area (Å²) in [5.41, 5.74) is 1.77. The van der Waals surface area contributed by atoms with Crippen LogP contribution in [0.2, 0.25) is 0 Å². The largest absolute Gasteiger partial charge is 0.484 e. The van der Waals surface area contributed by atoms with Gasteiger partial charge in [0, 0.05) is 0 Å². The maximum atomic E-state index is 5.69. The quantitative estimate of drug-likeness (QED) is 0.375. The van der Waals surface area contributed by atoms with Crippen LogP contribution in [0.25, 0.3) is 11.4 Å². The second-order valence-corrected chi connectivity index (χ2v) is 6.33. The van der Waals surface area contributed by atoms with Crippen molar-refractivity contribution in [3.63, 3.8) is 0 Å². The minimum Gasteiger partial charge on any atom is -0.484 e. The van der Waals surface area contributed by atoms with Gasteiger partial charge in [-0.2, -0.15) is 10.2 Å². The molecule has 3 aromatic heterocycles. The van der Waals surface area contributed by atoms with Crippen LogP contribution in [-0.4, -0.2) is 39.7 Å². The van der Waals surface area contributed by atoms with Crippen molar-refractivity contribution in [3.8, 4) is 22.9 Å². The molecule has 0 saturated carbocycles. The summed E-state index contributed by atoms with van der Waals surface area (Å²) in [6, 6.07) is 14.9. The van der Waals surface area contributed by atoms with Gasteiger partial charge in [0.2, 0.25) is 0 Å². The van der Waals surface area contributed by atoms with E-state index in [0.717, 1.165) is 11.4 Å². The van der Waals surface area contributed by atoms with Crippen molar-refractivity contribution in [2.45, 2.75) is 13.2 Å². The minimum atomic E-state index is 0.155. The molecule has 0 atom stereocenters. The van der Waals surface area contributed by atoms with Crippen molar-refractivity contribution in [3.05, 3.63) is 85.6 Å². The van der Waals surface area contributed by atoms with Crippen LogP contribution in [0, 0.1) is 0 Å². The van der Waals surface area contributed by atoms with Gasteiger partial charge in [-0.05, 0) is 48.5 Å². The standard InChI is InChI=1S/C20H16N8O3/c1-5-17(6-2-15(1)27-13-21-11-23-27)29-9-19-25-26-20(31-19)10-30-18-7-3-16(4-8-18)28-14-22-12-24-28/h1-8,11-14H,9-10H2. The summed E-state index contributed by atoms with van der Waals surface area (Å²) in [4.78, 5) is 7.85. The van der Waals surface area contributed by atoms with Crippen LogP contribution in [-0.2, 0) is 13.2 Å². The number of hydrogen-bond donors (Lipinski definition) is 0. The number of benzene rings is 2. The summed E-state index contributed by atoms with van der Waals surface area (Å²) in [5, 5.41) is 16.1. The first kappa shape index (κ1) is 18.5. The fourth-order valence-electron chi connectivity index (χ4n) is 2.77. The molecule has 0 N–H and O–H groups in total. The van der Waals surface area contributed by atoms with Crippen LogP contribution in [0.5, 0.6) is 11.5 Å². The number of nitrogens with zero attached hydrogens (tertiary/aromatic N) is 8. The third-order valence-electron chi connectivity index (χ3n) is 4.27. The molecule has 2 aromatic carbocycles. The van der Waals surface area contributed by atoms with E-state index in [1.807, 2.05) is 48.5 Å². The summed E-state index contributed by atoms with van der Waals surface area (Å²) < 4.78 is 20.3. The fourth-order valence-corrected chi connectivity index (χ4v) is 2.77. The van der Waals surface area contributed by atoms with Crippen LogP contribution in [0.4, 0.5) is 0 Å². The number of ether oxygens (including phenoxy) is 2. The topological polar surface area (TPSA) is 119 Å². The summed E-state index contributed by atoms with van der Waals surface area (Å²) in [6.45, 7) is 0.310. The Bertz CT molecular complexity index is 1120. The lowest BCUT2D eigenvalue weighted by atomic mass is 10.3. The Balaban J connectivity index is 1.12. The number of rotatable bonds is 8. The second-order valence-electron chi connectivity index (χ2n) is 6.33. The molecule has 11 nitrogen and oxygen atoms in total. The van der Waals surface area contributed by atoms with Crippen LogP contribution in [0.3, 0.4) is 0 Å². The fraction of sp³-hybridized carbons (Fsp3) is 0.100. The summed E-state index contributed by atoms with van der Waals surface area (Å²) in [5.74, 6) is 2.07. The molecule has 0 bridgehead atoms. The molecule has 5 rings (SSSR count). The highest BCUT2D eigenvalue weighted by molar-refractivity contribution is 5.37. The molecule has 0 unspecified atom stereocenters. The monoisotopic (exact) mass is 416 g/mol. The molecule has 154 valence electrons. The average molecular weight is 416 g/mol. The van der Waals surface area contributed by atoms with Gasteiger partial charge < -0.3 is 13.9 Å². The zero-order valence-corrected chi connectivity index (χ0v) is 16.1. The predicted molar refractivity (Wildman–Crippen MR) is 106 cm³/mol. The highest BCUT2D eigenvalue weighted by Crippen LogP contribution is 2.17. The number of aromatic nitrogens is 8. The average Bonchev–Trinajstić information content (AvgIpc) is 3.60. The van der Waals surface area contributed by atoms with Gasteiger partial charge in [-0.3, -0.25) is 0 Å². The van der Waals surface area contributed by atoms with Crippen molar-refractivity contribution in [2.24, 2.45) is 0 Å². The van der Waals surface area contributed by atoms with E-state index in [9.17, 15) is 0 Å². The van der Waals surface area contributed by atoms with Gasteiger partial charge in [-0.15, -0.1) is 10.2 Å². The molecular weight excluding hydrogens is 400 g/mol. The SMILES string of the molecule is c1ncn(-c2ccc(OCc3nnc(COc4ccc(-n5cncn5)cc4)o3)cc2)n1. The van der Waals surface area contributed by atoms with Gasteiger partial charge >= 0.3 is 0 Å². The van der Waals surface area contributed by atoms with E-state index in [2.05, 4.69) is 30.4 Å². The van der Waals surface area contributed by atoms with Gasteiger partial charge in [0.1, 0.15) is 36.8 Å². The van der Waals surface area contributed by atoms with Crippen molar-refractivity contribution in [1.82, 2.24) is 39.7 Å². The maximum absolute atomic E-state index is 5.69. The second kappa shape index (κ2) is 8.45. The Morgan fingerprint density at radius 3 is 1.48 bits per heavy atom. The Labute approximate surface area is 175 Å². The third-order valence-corrected chi connectivity index (χ3v) is 4.27. The normalized spacial score (nSPS) is 10.8. The first-order chi connectivity index (χ1) is 15.3. The van der Waals surface area contributed by atoms with Crippen LogP contribution < -0.4 is 9.47 Å². The molecule has 5 aromatic rings. The zero-order chi connectivity index (χ0) is 20.9.